The van der Waals surface area contributed by atoms with E-state index in [9.17, 15) is 19.5 Å². The Morgan fingerprint density at radius 2 is 1.81 bits per heavy atom. The number of rotatable bonds is 8. The van der Waals surface area contributed by atoms with Crippen LogP contribution >= 0.6 is 11.5 Å². The number of carbonyl (C=O) groups excluding carboxylic acids is 3. The van der Waals surface area contributed by atoms with Crippen molar-refractivity contribution in [1.82, 2.24) is 9.69 Å². The molecule has 0 radical (unpaired) electrons. The van der Waals surface area contributed by atoms with Gasteiger partial charge in [-0.25, -0.2) is 0 Å². The number of phenolic OH excluding ortho intramolecular Hbond substituents is 1. The Kier molecular flexibility index (Phi) is 8.07. The smallest absolute Gasteiger partial charge is 0.273 e. The van der Waals surface area contributed by atoms with Crippen LogP contribution in [-0.4, -0.2) is 39.9 Å². The second kappa shape index (κ2) is 10.9. The van der Waals surface area contributed by atoms with Gasteiger partial charge in [-0.2, -0.15) is 4.37 Å². The number of primary amides is 1. The largest absolute Gasteiger partial charge is 0.504 e. The summed E-state index contributed by atoms with van der Waals surface area (Å²) in [7, 11) is 1.39. The predicted octanol–water partition coefficient (Wildman–Crippen LogP) is 3.40. The Morgan fingerprint density at radius 3 is 2.32 bits per heavy atom. The minimum absolute atomic E-state index is 0.0346. The zero-order chi connectivity index (χ0) is 27.5. The first kappa shape index (κ1) is 27.5. The molecule has 0 aliphatic carbocycles. The number of nitrogens with one attached hydrogen (secondary N) is 1. The van der Waals surface area contributed by atoms with E-state index >= 15 is 0 Å². The molecule has 0 aliphatic rings. The lowest BCUT2D eigenvalue weighted by atomic mass is 9.99. The van der Waals surface area contributed by atoms with Gasteiger partial charge in [0.05, 0.1) is 12.8 Å². The number of nitrogen functional groups attached to an aromatic ring is 1. The standard InChI is InChI=1S/C26H31N5O5S/c1-6-14-7-10-16(11-8-14)31(25(35)22-19(27)20(23(28)33)30-37-22)21(24(34)29-26(2,3)4)15-9-12-17(32)18(13-15)36-5/h7-13,21,32H,6,27H2,1-5H3,(H2,28,33)(H,29,34). The molecule has 1 atom stereocenters. The highest BCUT2D eigenvalue weighted by atomic mass is 32.1. The number of aryl methyl sites for hydroxylation is 1. The minimum Gasteiger partial charge on any atom is -0.504 e. The van der Waals surface area contributed by atoms with Gasteiger partial charge >= 0.3 is 0 Å². The van der Waals surface area contributed by atoms with E-state index in [0.717, 1.165) is 23.5 Å². The number of aromatic nitrogens is 1. The van der Waals surface area contributed by atoms with Gasteiger partial charge in [-0.15, -0.1) is 0 Å². The van der Waals surface area contributed by atoms with Gasteiger partial charge in [-0.3, -0.25) is 19.3 Å². The number of methoxy groups -OCH3 is 1. The number of anilines is 2. The molecule has 1 heterocycles. The van der Waals surface area contributed by atoms with Gasteiger partial charge in [0.15, 0.2) is 17.2 Å². The molecule has 3 rings (SSSR count). The Bertz CT molecular complexity index is 1310. The molecule has 0 saturated carbocycles. The molecular weight excluding hydrogens is 494 g/mol. The van der Waals surface area contributed by atoms with E-state index in [2.05, 4.69) is 9.69 Å². The van der Waals surface area contributed by atoms with Crippen LogP contribution in [0.15, 0.2) is 42.5 Å². The van der Waals surface area contributed by atoms with Crippen molar-refractivity contribution in [3.8, 4) is 11.5 Å². The van der Waals surface area contributed by atoms with Gasteiger partial charge in [0.2, 0.25) is 5.91 Å². The predicted molar refractivity (Wildman–Crippen MR) is 143 cm³/mol. The molecule has 3 amide bonds. The average Bonchev–Trinajstić information content (AvgIpc) is 3.23. The van der Waals surface area contributed by atoms with Gasteiger partial charge in [0.25, 0.3) is 11.8 Å². The van der Waals surface area contributed by atoms with E-state index in [4.69, 9.17) is 16.2 Å². The fourth-order valence-corrected chi connectivity index (χ4v) is 4.48. The SMILES string of the molecule is CCc1ccc(N(C(=O)c2snc(C(N)=O)c2N)C(C(=O)NC(C)(C)C)c2ccc(O)c(OC)c2)cc1. The molecule has 0 spiro atoms. The van der Waals surface area contributed by atoms with Crippen LogP contribution in [0.2, 0.25) is 0 Å². The Hall–Kier alpha value is -4.12. The van der Waals surface area contributed by atoms with Crippen LogP contribution in [0, 0.1) is 0 Å². The summed E-state index contributed by atoms with van der Waals surface area (Å²) in [5.74, 6) is -1.98. The molecular formula is C26H31N5O5S. The highest BCUT2D eigenvalue weighted by molar-refractivity contribution is 7.09. The van der Waals surface area contributed by atoms with Crippen LogP contribution in [0.25, 0.3) is 0 Å². The van der Waals surface area contributed by atoms with E-state index in [0.29, 0.717) is 11.3 Å². The van der Waals surface area contributed by atoms with E-state index < -0.39 is 29.3 Å². The third-order valence-electron chi connectivity index (χ3n) is 5.52. The van der Waals surface area contributed by atoms with E-state index in [1.165, 1.54) is 30.2 Å². The van der Waals surface area contributed by atoms with Crippen LogP contribution in [0.5, 0.6) is 11.5 Å². The molecule has 0 aliphatic heterocycles. The summed E-state index contributed by atoms with van der Waals surface area (Å²) >= 11 is 0.727. The number of carbonyl (C=O) groups is 3. The number of amides is 3. The quantitative estimate of drug-likeness (QED) is 0.350. The van der Waals surface area contributed by atoms with Crippen molar-refractivity contribution in [1.29, 1.82) is 0 Å². The molecule has 11 heteroatoms. The molecule has 196 valence electrons. The number of hydrogen-bond acceptors (Lipinski definition) is 8. The second-order valence-corrected chi connectivity index (χ2v) is 10.2. The molecule has 1 aromatic heterocycles. The number of ether oxygens (including phenoxy) is 1. The number of phenols is 1. The third-order valence-corrected chi connectivity index (χ3v) is 6.37. The van der Waals surface area contributed by atoms with Gasteiger partial charge in [0.1, 0.15) is 10.9 Å². The Morgan fingerprint density at radius 1 is 1.16 bits per heavy atom. The number of nitrogens with zero attached hydrogens (tertiary/aromatic N) is 2. The first-order chi connectivity index (χ1) is 17.4. The number of aromatic hydroxyl groups is 1. The molecule has 0 bridgehead atoms. The summed E-state index contributed by atoms with van der Waals surface area (Å²) in [6.45, 7) is 7.47. The highest BCUT2D eigenvalue weighted by Crippen LogP contribution is 2.36. The lowest BCUT2D eigenvalue weighted by Gasteiger charge is -2.34. The van der Waals surface area contributed by atoms with E-state index in [1.807, 2.05) is 39.8 Å². The van der Waals surface area contributed by atoms with Crippen molar-refractivity contribution in [3.05, 3.63) is 64.2 Å². The average molecular weight is 526 g/mol. The maximum Gasteiger partial charge on any atom is 0.273 e. The van der Waals surface area contributed by atoms with Gasteiger partial charge in [0, 0.05) is 11.2 Å². The monoisotopic (exact) mass is 525 g/mol. The van der Waals surface area contributed by atoms with Crippen molar-refractivity contribution >= 4 is 40.6 Å². The second-order valence-electron chi connectivity index (χ2n) is 9.41. The third kappa shape index (κ3) is 6.00. The van der Waals surface area contributed by atoms with E-state index in [1.54, 1.807) is 12.1 Å². The molecule has 2 aromatic carbocycles. The number of hydrogen-bond donors (Lipinski definition) is 4. The van der Waals surface area contributed by atoms with Crippen LogP contribution < -0.4 is 26.4 Å². The lowest BCUT2D eigenvalue weighted by molar-refractivity contribution is -0.123. The molecule has 10 nitrogen and oxygen atoms in total. The lowest BCUT2D eigenvalue weighted by Crippen LogP contribution is -2.49. The van der Waals surface area contributed by atoms with Crippen LogP contribution in [0.1, 0.15) is 65.0 Å². The minimum atomic E-state index is -1.20. The maximum atomic E-state index is 14.1. The molecule has 1 unspecified atom stereocenters. The zero-order valence-corrected chi connectivity index (χ0v) is 22.2. The van der Waals surface area contributed by atoms with Crippen molar-refractivity contribution < 1.29 is 24.2 Å². The van der Waals surface area contributed by atoms with Gasteiger partial charge < -0.3 is 26.6 Å². The maximum absolute atomic E-state index is 14.1. The van der Waals surface area contributed by atoms with Crippen LogP contribution in [0.3, 0.4) is 0 Å². The summed E-state index contributed by atoms with van der Waals surface area (Å²) in [6, 6.07) is 10.4. The number of nitrogens with two attached hydrogens (primary N) is 2. The molecule has 0 saturated heterocycles. The summed E-state index contributed by atoms with van der Waals surface area (Å²) < 4.78 is 9.22. The summed E-state index contributed by atoms with van der Waals surface area (Å²) in [5.41, 5.74) is 12.3. The fraction of sp³-hybridized carbons (Fsp3) is 0.308. The van der Waals surface area contributed by atoms with Crippen molar-refractivity contribution in [3.63, 3.8) is 0 Å². The molecule has 3 aromatic rings. The molecule has 0 fully saturated rings. The first-order valence-electron chi connectivity index (χ1n) is 11.5. The topological polar surface area (TPSA) is 161 Å². The molecule has 37 heavy (non-hydrogen) atoms. The Labute approximate surface area is 219 Å². The van der Waals surface area contributed by atoms with Crippen LogP contribution in [0.4, 0.5) is 11.4 Å². The summed E-state index contributed by atoms with van der Waals surface area (Å²) in [6.07, 6.45) is 0.779. The zero-order valence-electron chi connectivity index (χ0n) is 21.4. The van der Waals surface area contributed by atoms with Crippen molar-refractivity contribution in [2.75, 3.05) is 17.7 Å². The fourth-order valence-electron chi connectivity index (χ4n) is 3.73. The Balaban J connectivity index is 2.27. The summed E-state index contributed by atoms with van der Waals surface area (Å²) in [4.78, 5) is 40.9. The number of benzene rings is 2. The highest BCUT2D eigenvalue weighted by Gasteiger charge is 2.37. The van der Waals surface area contributed by atoms with Crippen molar-refractivity contribution in [2.45, 2.75) is 45.7 Å². The van der Waals surface area contributed by atoms with Crippen molar-refractivity contribution in [2.24, 2.45) is 5.73 Å². The normalized spacial score (nSPS) is 12.0. The van der Waals surface area contributed by atoms with Crippen LogP contribution in [-0.2, 0) is 11.2 Å². The van der Waals surface area contributed by atoms with Gasteiger partial charge in [-0.1, -0.05) is 25.1 Å². The van der Waals surface area contributed by atoms with Gasteiger partial charge in [-0.05, 0) is 74.1 Å². The first-order valence-corrected chi connectivity index (χ1v) is 12.3. The summed E-state index contributed by atoms with van der Waals surface area (Å²) in [5, 5.41) is 13.1. The molecule has 6 N–H and O–H groups in total. The van der Waals surface area contributed by atoms with E-state index in [-0.39, 0.29) is 27.8 Å².